The number of nitrogens with zero attached hydrogens (tertiary/aromatic N) is 2. The summed E-state index contributed by atoms with van der Waals surface area (Å²) in [7, 11) is 0. The first-order valence-electron chi connectivity index (χ1n) is 7.55. The van der Waals surface area contributed by atoms with Crippen LogP contribution in [0.5, 0.6) is 0 Å². The SMILES string of the molecule is C=CCN1CCO[C@H]2CN(C(=O)c3cccs3)CC[C@H]2C1. The van der Waals surface area contributed by atoms with Gasteiger partial charge in [-0.15, -0.1) is 17.9 Å². The lowest BCUT2D eigenvalue weighted by Gasteiger charge is -2.37. The number of carbonyl (C=O) groups excluding carboxylic acids is 1. The lowest BCUT2D eigenvalue weighted by Crippen LogP contribution is -2.49. The Hall–Kier alpha value is -1.17. The molecule has 4 nitrogen and oxygen atoms in total. The molecule has 5 heteroatoms. The van der Waals surface area contributed by atoms with Gasteiger partial charge in [-0.2, -0.15) is 0 Å². The number of fused-ring (bicyclic) bond motifs is 1. The molecule has 1 aromatic rings. The smallest absolute Gasteiger partial charge is 0.264 e. The van der Waals surface area contributed by atoms with Crippen LogP contribution in [0.1, 0.15) is 16.1 Å². The molecule has 2 fully saturated rings. The second kappa shape index (κ2) is 6.73. The van der Waals surface area contributed by atoms with Crippen molar-refractivity contribution in [2.75, 3.05) is 39.3 Å². The van der Waals surface area contributed by atoms with Gasteiger partial charge in [0.2, 0.25) is 0 Å². The number of ether oxygens (including phenoxy) is 1. The summed E-state index contributed by atoms with van der Waals surface area (Å²) >= 11 is 1.51. The largest absolute Gasteiger partial charge is 0.375 e. The van der Waals surface area contributed by atoms with Gasteiger partial charge in [-0.05, 0) is 17.9 Å². The molecule has 21 heavy (non-hydrogen) atoms. The molecule has 0 unspecified atom stereocenters. The van der Waals surface area contributed by atoms with E-state index in [4.69, 9.17) is 4.74 Å². The number of likely N-dealkylation sites (tertiary alicyclic amines) is 1. The summed E-state index contributed by atoms with van der Waals surface area (Å²) in [5.74, 6) is 0.680. The van der Waals surface area contributed by atoms with Crippen LogP contribution >= 0.6 is 11.3 Å². The Balaban J connectivity index is 1.63. The average Bonchev–Trinajstić information content (AvgIpc) is 2.95. The summed E-state index contributed by atoms with van der Waals surface area (Å²) in [4.78, 5) is 17.6. The zero-order valence-corrected chi connectivity index (χ0v) is 13.1. The van der Waals surface area contributed by atoms with Gasteiger partial charge < -0.3 is 9.64 Å². The van der Waals surface area contributed by atoms with Crippen molar-refractivity contribution in [2.24, 2.45) is 5.92 Å². The fourth-order valence-electron chi connectivity index (χ4n) is 3.21. The highest BCUT2D eigenvalue weighted by Gasteiger charge is 2.35. The van der Waals surface area contributed by atoms with Crippen LogP contribution in [0.15, 0.2) is 30.2 Å². The molecule has 2 aliphatic heterocycles. The van der Waals surface area contributed by atoms with Crippen molar-refractivity contribution >= 4 is 17.2 Å². The fraction of sp³-hybridized carbons (Fsp3) is 0.562. The van der Waals surface area contributed by atoms with E-state index >= 15 is 0 Å². The van der Waals surface area contributed by atoms with Crippen LogP contribution in [0.25, 0.3) is 0 Å². The number of hydrogen-bond donors (Lipinski definition) is 0. The van der Waals surface area contributed by atoms with Gasteiger partial charge in [-0.3, -0.25) is 9.69 Å². The quantitative estimate of drug-likeness (QED) is 0.802. The first-order valence-corrected chi connectivity index (χ1v) is 8.43. The van der Waals surface area contributed by atoms with E-state index in [-0.39, 0.29) is 12.0 Å². The van der Waals surface area contributed by atoms with Crippen molar-refractivity contribution < 1.29 is 9.53 Å². The van der Waals surface area contributed by atoms with Crippen LogP contribution in [0.2, 0.25) is 0 Å². The van der Waals surface area contributed by atoms with Crippen molar-refractivity contribution in [3.63, 3.8) is 0 Å². The molecule has 0 radical (unpaired) electrons. The van der Waals surface area contributed by atoms with E-state index in [9.17, 15) is 4.79 Å². The van der Waals surface area contributed by atoms with Gasteiger partial charge in [0.25, 0.3) is 5.91 Å². The summed E-state index contributed by atoms with van der Waals surface area (Å²) in [6.07, 6.45) is 3.16. The van der Waals surface area contributed by atoms with Crippen LogP contribution in [-0.2, 0) is 4.74 Å². The molecule has 2 aliphatic rings. The van der Waals surface area contributed by atoms with Gasteiger partial charge in [-0.25, -0.2) is 0 Å². The molecular formula is C16H22N2O2S. The second-order valence-electron chi connectivity index (χ2n) is 5.73. The van der Waals surface area contributed by atoms with Gasteiger partial charge in [0, 0.05) is 38.6 Å². The van der Waals surface area contributed by atoms with Crippen molar-refractivity contribution in [1.29, 1.82) is 0 Å². The zero-order chi connectivity index (χ0) is 14.7. The van der Waals surface area contributed by atoms with E-state index < -0.39 is 0 Å². The Morgan fingerprint density at radius 1 is 1.48 bits per heavy atom. The van der Waals surface area contributed by atoms with Crippen molar-refractivity contribution in [3.05, 3.63) is 35.0 Å². The predicted octanol–water partition coefficient (Wildman–Crippen LogP) is 2.10. The Morgan fingerprint density at radius 3 is 3.14 bits per heavy atom. The standard InChI is InChI=1S/C16H22N2O2S/c1-2-6-17-8-9-20-14-12-18(7-5-13(14)11-17)16(19)15-4-3-10-21-15/h2-4,10,13-14H,1,5-9,11-12H2/t13-,14-/m0/s1. The third kappa shape index (κ3) is 3.36. The molecule has 0 bridgehead atoms. The Kier molecular flexibility index (Phi) is 4.73. The maximum Gasteiger partial charge on any atom is 0.264 e. The number of piperidine rings is 1. The van der Waals surface area contributed by atoms with Gasteiger partial charge in [0.1, 0.15) is 0 Å². The molecule has 114 valence electrons. The fourth-order valence-corrected chi connectivity index (χ4v) is 3.90. The lowest BCUT2D eigenvalue weighted by molar-refractivity contribution is -0.0169. The van der Waals surface area contributed by atoms with Crippen LogP contribution in [-0.4, -0.2) is 61.1 Å². The predicted molar refractivity (Wildman–Crippen MR) is 84.7 cm³/mol. The minimum atomic E-state index is 0.152. The Morgan fingerprint density at radius 2 is 2.38 bits per heavy atom. The molecule has 3 rings (SSSR count). The highest BCUT2D eigenvalue weighted by molar-refractivity contribution is 7.12. The second-order valence-corrected chi connectivity index (χ2v) is 6.68. The van der Waals surface area contributed by atoms with Gasteiger partial charge in [0.05, 0.1) is 17.6 Å². The minimum Gasteiger partial charge on any atom is -0.375 e. The number of hydrogen-bond acceptors (Lipinski definition) is 4. The molecule has 3 heterocycles. The zero-order valence-electron chi connectivity index (χ0n) is 12.2. The van der Waals surface area contributed by atoms with E-state index in [1.54, 1.807) is 0 Å². The monoisotopic (exact) mass is 306 g/mol. The van der Waals surface area contributed by atoms with E-state index in [0.29, 0.717) is 5.92 Å². The molecule has 0 N–H and O–H groups in total. The average molecular weight is 306 g/mol. The molecular weight excluding hydrogens is 284 g/mol. The topological polar surface area (TPSA) is 32.8 Å². The number of amides is 1. The summed E-state index contributed by atoms with van der Waals surface area (Å²) in [5.41, 5.74) is 0. The summed E-state index contributed by atoms with van der Waals surface area (Å²) < 4.78 is 6.01. The molecule has 1 aromatic heterocycles. The molecule has 0 spiro atoms. The lowest BCUT2D eigenvalue weighted by atomic mass is 9.93. The third-order valence-electron chi connectivity index (χ3n) is 4.33. The number of carbonyl (C=O) groups is 1. The highest BCUT2D eigenvalue weighted by Crippen LogP contribution is 2.25. The Bertz CT molecular complexity index is 488. The van der Waals surface area contributed by atoms with Crippen molar-refractivity contribution in [3.8, 4) is 0 Å². The molecule has 2 saturated heterocycles. The van der Waals surface area contributed by atoms with E-state index in [2.05, 4.69) is 11.5 Å². The maximum atomic E-state index is 12.4. The van der Waals surface area contributed by atoms with Gasteiger partial charge >= 0.3 is 0 Å². The summed E-state index contributed by atoms with van der Waals surface area (Å²) in [6, 6.07) is 3.83. The van der Waals surface area contributed by atoms with E-state index in [1.165, 1.54) is 11.3 Å². The van der Waals surface area contributed by atoms with E-state index in [0.717, 1.165) is 50.6 Å². The molecule has 2 atom stereocenters. The number of rotatable bonds is 3. The number of thiophene rings is 1. The van der Waals surface area contributed by atoms with Crippen molar-refractivity contribution in [1.82, 2.24) is 9.80 Å². The first-order chi connectivity index (χ1) is 10.3. The third-order valence-corrected chi connectivity index (χ3v) is 5.19. The minimum absolute atomic E-state index is 0.152. The molecule has 0 saturated carbocycles. The van der Waals surface area contributed by atoms with Crippen LogP contribution < -0.4 is 0 Å². The van der Waals surface area contributed by atoms with Gasteiger partial charge in [0.15, 0.2) is 0 Å². The van der Waals surface area contributed by atoms with E-state index in [1.807, 2.05) is 28.5 Å². The van der Waals surface area contributed by atoms with Crippen LogP contribution in [0.3, 0.4) is 0 Å². The maximum absolute atomic E-state index is 12.4. The van der Waals surface area contributed by atoms with Crippen LogP contribution in [0, 0.1) is 5.92 Å². The molecule has 0 aliphatic carbocycles. The normalized spacial score (nSPS) is 27.0. The summed E-state index contributed by atoms with van der Waals surface area (Å²) in [6.45, 7) is 9.06. The Labute approximate surface area is 130 Å². The first kappa shape index (κ1) is 14.8. The summed E-state index contributed by atoms with van der Waals surface area (Å²) in [5, 5.41) is 1.95. The van der Waals surface area contributed by atoms with Crippen molar-refractivity contribution in [2.45, 2.75) is 12.5 Å². The molecule has 0 aromatic carbocycles. The highest BCUT2D eigenvalue weighted by atomic mass is 32.1. The molecule has 1 amide bonds. The van der Waals surface area contributed by atoms with Gasteiger partial charge in [-0.1, -0.05) is 12.1 Å². The van der Waals surface area contributed by atoms with Crippen LogP contribution in [0.4, 0.5) is 0 Å².